The van der Waals surface area contributed by atoms with E-state index in [9.17, 15) is 13.2 Å². The molecule has 0 radical (unpaired) electrons. The van der Waals surface area contributed by atoms with Crippen LogP contribution in [0.5, 0.6) is 11.5 Å². The third-order valence-electron chi connectivity index (χ3n) is 2.32. The highest BCUT2D eigenvalue weighted by Gasteiger charge is 2.14. The van der Waals surface area contributed by atoms with E-state index in [4.69, 9.17) is 16.3 Å². The molecule has 0 aliphatic rings. The molecule has 2 aromatic rings. The fraction of sp³-hybridized carbons (Fsp3) is 0.0769. The van der Waals surface area contributed by atoms with Crippen LogP contribution < -0.4 is 4.74 Å². The summed E-state index contributed by atoms with van der Waals surface area (Å²) in [6.07, 6.45) is 0. The molecule has 6 heteroatoms. The molecule has 0 aromatic heterocycles. The van der Waals surface area contributed by atoms with Crippen molar-refractivity contribution in [2.45, 2.75) is 5.33 Å². The maximum absolute atomic E-state index is 13.7. The summed E-state index contributed by atoms with van der Waals surface area (Å²) in [4.78, 5) is 0. The van der Waals surface area contributed by atoms with Gasteiger partial charge in [0.15, 0.2) is 17.4 Å². The van der Waals surface area contributed by atoms with Crippen LogP contribution in [-0.2, 0) is 5.33 Å². The van der Waals surface area contributed by atoms with Crippen molar-refractivity contribution in [3.05, 3.63) is 58.4 Å². The second-order valence-corrected chi connectivity index (χ2v) is 4.67. The highest BCUT2D eigenvalue weighted by molar-refractivity contribution is 9.08. The molecule has 0 N–H and O–H groups in total. The predicted octanol–water partition coefficient (Wildman–Crippen LogP) is 5.44. The van der Waals surface area contributed by atoms with E-state index in [0.29, 0.717) is 10.9 Å². The lowest BCUT2D eigenvalue weighted by Crippen LogP contribution is -1.95. The van der Waals surface area contributed by atoms with Crippen molar-refractivity contribution in [3.8, 4) is 11.5 Å². The van der Waals surface area contributed by atoms with E-state index in [-0.39, 0.29) is 10.8 Å². The number of halogens is 5. The van der Waals surface area contributed by atoms with Gasteiger partial charge in [0.1, 0.15) is 11.6 Å². The summed E-state index contributed by atoms with van der Waals surface area (Å²) in [7, 11) is 0. The van der Waals surface area contributed by atoms with E-state index in [2.05, 4.69) is 15.9 Å². The Hall–Kier alpha value is -1.20. The number of rotatable bonds is 3. The summed E-state index contributed by atoms with van der Waals surface area (Å²) in [5, 5.41) is 0.222. The minimum absolute atomic E-state index is 0.0358. The molecule has 2 rings (SSSR count). The van der Waals surface area contributed by atoms with Crippen molar-refractivity contribution in [1.82, 2.24) is 0 Å². The Morgan fingerprint density at radius 2 is 1.63 bits per heavy atom. The van der Waals surface area contributed by atoms with Crippen molar-refractivity contribution in [2.75, 3.05) is 0 Å². The van der Waals surface area contributed by atoms with E-state index in [1.54, 1.807) is 0 Å². The van der Waals surface area contributed by atoms with Crippen LogP contribution in [0.2, 0.25) is 5.02 Å². The van der Waals surface area contributed by atoms with Gasteiger partial charge in [-0.15, -0.1) is 0 Å². The SMILES string of the molecule is Fc1cc(Oc2c(F)cc(CBr)cc2F)ccc1Cl. The zero-order chi connectivity index (χ0) is 14.0. The van der Waals surface area contributed by atoms with E-state index in [0.717, 1.165) is 18.2 Å². The Balaban J connectivity index is 2.35. The van der Waals surface area contributed by atoms with Gasteiger partial charge >= 0.3 is 0 Å². The van der Waals surface area contributed by atoms with Crippen LogP contribution in [0.25, 0.3) is 0 Å². The zero-order valence-corrected chi connectivity index (χ0v) is 11.7. The Morgan fingerprint density at radius 1 is 1.00 bits per heavy atom. The van der Waals surface area contributed by atoms with Crippen molar-refractivity contribution in [1.29, 1.82) is 0 Å². The van der Waals surface area contributed by atoms with Gasteiger partial charge in [0, 0.05) is 11.4 Å². The van der Waals surface area contributed by atoms with E-state index in [1.165, 1.54) is 12.1 Å². The maximum Gasteiger partial charge on any atom is 0.198 e. The minimum Gasteiger partial charge on any atom is -0.451 e. The van der Waals surface area contributed by atoms with E-state index < -0.39 is 23.2 Å². The molecular weight excluding hydrogens is 344 g/mol. The number of benzene rings is 2. The fourth-order valence-electron chi connectivity index (χ4n) is 1.45. The number of hydrogen-bond acceptors (Lipinski definition) is 1. The van der Waals surface area contributed by atoms with Gasteiger partial charge in [-0.2, -0.15) is 0 Å². The zero-order valence-electron chi connectivity index (χ0n) is 9.39. The summed E-state index contributed by atoms with van der Waals surface area (Å²) in [5.74, 6) is -3.05. The van der Waals surface area contributed by atoms with E-state index in [1.807, 2.05) is 0 Å². The lowest BCUT2D eigenvalue weighted by Gasteiger charge is -2.09. The molecule has 1 nitrogen and oxygen atoms in total. The lowest BCUT2D eigenvalue weighted by molar-refractivity contribution is 0.404. The molecule has 0 saturated heterocycles. The standard InChI is InChI=1S/C13H7BrClF3O/c14-6-7-3-11(17)13(12(18)4-7)19-8-1-2-9(15)10(16)5-8/h1-5H,6H2. The minimum atomic E-state index is -0.857. The van der Waals surface area contributed by atoms with Crippen LogP contribution in [0.15, 0.2) is 30.3 Å². The maximum atomic E-state index is 13.7. The highest BCUT2D eigenvalue weighted by atomic mass is 79.9. The van der Waals surface area contributed by atoms with Crippen molar-refractivity contribution < 1.29 is 17.9 Å². The molecule has 19 heavy (non-hydrogen) atoms. The Labute approximate surface area is 121 Å². The molecule has 0 atom stereocenters. The second-order valence-electron chi connectivity index (χ2n) is 3.70. The molecule has 100 valence electrons. The van der Waals surface area contributed by atoms with Crippen molar-refractivity contribution in [3.63, 3.8) is 0 Å². The van der Waals surface area contributed by atoms with Gasteiger partial charge in [-0.25, -0.2) is 13.2 Å². The Kier molecular flexibility index (Phi) is 4.37. The van der Waals surface area contributed by atoms with Crippen LogP contribution in [0.3, 0.4) is 0 Å². The molecule has 0 unspecified atom stereocenters. The molecule has 0 heterocycles. The molecule has 0 spiro atoms. The summed E-state index contributed by atoms with van der Waals surface area (Å²) in [6, 6.07) is 5.80. The first-order valence-electron chi connectivity index (χ1n) is 5.18. The smallest absolute Gasteiger partial charge is 0.198 e. The average molecular weight is 352 g/mol. The third-order valence-corrected chi connectivity index (χ3v) is 3.28. The Bertz CT molecular complexity index is 596. The van der Waals surface area contributed by atoms with Crippen LogP contribution >= 0.6 is 27.5 Å². The normalized spacial score (nSPS) is 10.6. The monoisotopic (exact) mass is 350 g/mol. The topological polar surface area (TPSA) is 9.23 Å². The van der Waals surface area contributed by atoms with Gasteiger partial charge in [0.25, 0.3) is 0 Å². The fourth-order valence-corrected chi connectivity index (χ4v) is 1.89. The van der Waals surface area contributed by atoms with Crippen molar-refractivity contribution >= 4 is 27.5 Å². The molecule has 0 amide bonds. The van der Waals surface area contributed by atoms with Crippen LogP contribution in [-0.4, -0.2) is 0 Å². The lowest BCUT2D eigenvalue weighted by atomic mass is 10.2. The van der Waals surface area contributed by atoms with Crippen LogP contribution in [0.1, 0.15) is 5.56 Å². The molecule has 2 aromatic carbocycles. The highest BCUT2D eigenvalue weighted by Crippen LogP contribution is 2.30. The Morgan fingerprint density at radius 3 is 2.16 bits per heavy atom. The summed E-state index contributed by atoms with van der Waals surface area (Å²) in [6.45, 7) is 0. The van der Waals surface area contributed by atoms with Crippen molar-refractivity contribution in [2.24, 2.45) is 0 Å². The molecule has 0 bridgehead atoms. The summed E-state index contributed by atoms with van der Waals surface area (Å²) in [5.41, 5.74) is 0.435. The van der Waals surface area contributed by atoms with Gasteiger partial charge in [0.2, 0.25) is 0 Å². The van der Waals surface area contributed by atoms with Gasteiger partial charge in [-0.3, -0.25) is 0 Å². The summed E-state index contributed by atoms with van der Waals surface area (Å²) >= 11 is 8.60. The first-order chi connectivity index (χ1) is 9.01. The first-order valence-corrected chi connectivity index (χ1v) is 6.68. The quantitative estimate of drug-likeness (QED) is 0.669. The molecular formula is C13H7BrClF3O. The van der Waals surface area contributed by atoms with Crippen LogP contribution in [0.4, 0.5) is 13.2 Å². The van der Waals surface area contributed by atoms with E-state index >= 15 is 0 Å². The molecule has 0 aliphatic heterocycles. The van der Waals surface area contributed by atoms with Gasteiger partial charge in [-0.05, 0) is 29.8 Å². The molecule has 0 fully saturated rings. The average Bonchev–Trinajstić information content (AvgIpc) is 2.37. The van der Waals surface area contributed by atoms with Gasteiger partial charge in [-0.1, -0.05) is 27.5 Å². The number of ether oxygens (including phenoxy) is 1. The second kappa shape index (κ2) is 5.84. The predicted molar refractivity (Wildman–Crippen MR) is 70.5 cm³/mol. The first kappa shape index (κ1) is 14.2. The molecule has 0 saturated carbocycles. The summed E-state index contributed by atoms with van der Waals surface area (Å²) < 4.78 is 45.5. The molecule has 0 aliphatic carbocycles. The number of hydrogen-bond donors (Lipinski definition) is 0. The van der Waals surface area contributed by atoms with Crippen LogP contribution in [0, 0.1) is 17.5 Å². The largest absolute Gasteiger partial charge is 0.451 e. The third kappa shape index (κ3) is 3.22. The van der Waals surface area contributed by atoms with Gasteiger partial charge in [0.05, 0.1) is 5.02 Å². The number of alkyl halides is 1. The van der Waals surface area contributed by atoms with Gasteiger partial charge < -0.3 is 4.74 Å².